The summed E-state index contributed by atoms with van der Waals surface area (Å²) in [6.07, 6.45) is 3.64. The van der Waals surface area contributed by atoms with Crippen molar-refractivity contribution in [1.82, 2.24) is 14.9 Å². The van der Waals surface area contributed by atoms with Gasteiger partial charge in [0.2, 0.25) is 11.9 Å². The van der Waals surface area contributed by atoms with Crippen LogP contribution in [0.4, 0.5) is 5.95 Å². The van der Waals surface area contributed by atoms with Crippen LogP contribution >= 0.6 is 11.8 Å². The van der Waals surface area contributed by atoms with Crippen LogP contribution in [0.15, 0.2) is 12.4 Å². The van der Waals surface area contributed by atoms with Crippen molar-refractivity contribution < 1.29 is 4.79 Å². The lowest BCUT2D eigenvalue weighted by Gasteiger charge is -2.41. The molecule has 0 atom stereocenters. The molecule has 1 aromatic rings. The molecular formula is C13H18N4OS. The Morgan fingerprint density at radius 3 is 2.53 bits per heavy atom. The van der Waals surface area contributed by atoms with Crippen LogP contribution in [0.5, 0.6) is 0 Å². The topological polar surface area (TPSA) is 49.3 Å². The average Bonchev–Trinajstić information content (AvgIpc) is 2.40. The van der Waals surface area contributed by atoms with E-state index in [0.717, 1.165) is 49.2 Å². The molecule has 19 heavy (non-hydrogen) atoms. The largest absolute Gasteiger partial charge is 0.341 e. The summed E-state index contributed by atoms with van der Waals surface area (Å²) in [5, 5.41) is 0. The van der Waals surface area contributed by atoms with Gasteiger partial charge in [-0.1, -0.05) is 0 Å². The summed E-state index contributed by atoms with van der Waals surface area (Å²) in [7, 11) is 0. The van der Waals surface area contributed by atoms with Gasteiger partial charge in [0.25, 0.3) is 0 Å². The molecule has 3 heterocycles. The molecule has 0 saturated carbocycles. The fourth-order valence-electron chi connectivity index (χ4n) is 2.39. The van der Waals surface area contributed by atoms with Crippen LogP contribution in [0.2, 0.25) is 0 Å². The molecule has 1 aromatic heterocycles. The summed E-state index contributed by atoms with van der Waals surface area (Å²) in [5.41, 5.74) is 1.06. The quantitative estimate of drug-likeness (QED) is 0.801. The number of amides is 1. The fourth-order valence-corrected chi connectivity index (χ4v) is 3.29. The molecule has 102 valence electrons. The molecule has 0 unspecified atom stereocenters. The van der Waals surface area contributed by atoms with E-state index in [9.17, 15) is 4.79 Å². The van der Waals surface area contributed by atoms with Crippen LogP contribution in [-0.2, 0) is 4.79 Å². The molecular weight excluding hydrogens is 260 g/mol. The monoisotopic (exact) mass is 278 g/mol. The first-order valence-corrected chi connectivity index (χ1v) is 7.79. The van der Waals surface area contributed by atoms with Crippen LogP contribution in [0, 0.1) is 12.8 Å². The summed E-state index contributed by atoms with van der Waals surface area (Å²) in [6, 6.07) is 0. The number of hydrogen-bond donors (Lipinski definition) is 0. The minimum absolute atomic E-state index is 0.132. The molecule has 2 fully saturated rings. The maximum atomic E-state index is 12.3. The van der Waals surface area contributed by atoms with E-state index in [1.165, 1.54) is 0 Å². The molecule has 0 aliphatic carbocycles. The predicted octanol–water partition coefficient (Wildman–Crippen LogP) is 0.797. The zero-order valence-corrected chi connectivity index (χ0v) is 11.9. The second kappa shape index (κ2) is 5.36. The third kappa shape index (κ3) is 2.68. The standard InChI is InChI=1S/C13H18N4OS/c1-10-6-14-13(15-7-10)17-8-11(9-17)12(18)16-2-4-19-5-3-16/h6-7,11H,2-5,8-9H2,1H3. The fraction of sp³-hybridized carbons (Fsp3) is 0.615. The van der Waals surface area contributed by atoms with Gasteiger partial charge in [-0.05, 0) is 12.5 Å². The highest BCUT2D eigenvalue weighted by molar-refractivity contribution is 7.99. The molecule has 0 aromatic carbocycles. The number of hydrogen-bond acceptors (Lipinski definition) is 5. The lowest BCUT2D eigenvalue weighted by atomic mass is 9.99. The first-order chi connectivity index (χ1) is 9.24. The Labute approximate surface area is 117 Å². The number of carbonyl (C=O) groups excluding carboxylic acids is 1. The third-order valence-electron chi connectivity index (χ3n) is 3.60. The Bertz CT molecular complexity index is 452. The Morgan fingerprint density at radius 1 is 1.26 bits per heavy atom. The highest BCUT2D eigenvalue weighted by atomic mass is 32.2. The number of aromatic nitrogens is 2. The Kier molecular flexibility index (Phi) is 3.59. The maximum Gasteiger partial charge on any atom is 0.229 e. The summed E-state index contributed by atoms with van der Waals surface area (Å²) in [4.78, 5) is 24.9. The minimum Gasteiger partial charge on any atom is -0.341 e. The van der Waals surface area contributed by atoms with E-state index in [1.807, 2.05) is 36.0 Å². The van der Waals surface area contributed by atoms with Crippen molar-refractivity contribution in [1.29, 1.82) is 0 Å². The molecule has 0 bridgehead atoms. The van der Waals surface area contributed by atoms with Crippen molar-refractivity contribution in [2.24, 2.45) is 5.92 Å². The van der Waals surface area contributed by atoms with Crippen molar-refractivity contribution in [2.75, 3.05) is 42.6 Å². The van der Waals surface area contributed by atoms with E-state index in [-0.39, 0.29) is 5.92 Å². The maximum absolute atomic E-state index is 12.3. The number of thioether (sulfide) groups is 1. The van der Waals surface area contributed by atoms with Gasteiger partial charge in [-0.25, -0.2) is 9.97 Å². The molecule has 1 amide bonds. The highest BCUT2D eigenvalue weighted by Crippen LogP contribution is 2.23. The average molecular weight is 278 g/mol. The van der Waals surface area contributed by atoms with E-state index in [1.54, 1.807) is 0 Å². The second-order valence-corrected chi connectivity index (χ2v) is 6.32. The third-order valence-corrected chi connectivity index (χ3v) is 4.55. The van der Waals surface area contributed by atoms with Crippen molar-refractivity contribution in [2.45, 2.75) is 6.92 Å². The minimum atomic E-state index is 0.132. The number of nitrogens with zero attached hydrogens (tertiary/aromatic N) is 4. The van der Waals surface area contributed by atoms with Crippen LogP contribution in [0.3, 0.4) is 0 Å². The Morgan fingerprint density at radius 2 is 1.89 bits per heavy atom. The van der Waals surface area contributed by atoms with Gasteiger partial charge in [-0.15, -0.1) is 0 Å². The number of carbonyl (C=O) groups is 1. The number of aryl methyl sites for hydroxylation is 1. The Balaban J connectivity index is 1.54. The van der Waals surface area contributed by atoms with Crippen molar-refractivity contribution in [3.63, 3.8) is 0 Å². The van der Waals surface area contributed by atoms with E-state index in [0.29, 0.717) is 5.91 Å². The van der Waals surface area contributed by atoms with Gasteiger partial charge in [0.15, 0.2) is 0 Å². The van der Waals surface area contributed by atoms with Gasteiger partial charge in [0.1, 0.15) is 0 Å². The van der Waals surface area contributed by atoms with E-state index in [2.05, 4.69) is 14.9 Å². The highest BCUT2D eigenvalue weighted by Gasteiger charge is 2.36. The van der Waals surface area contributed by atoms with Crippen LogP contribution in [0.1, 0.15) is 5.56 Å². The number of anilines is 1. The Hall–Kier alpha value is -1.30. The van der Waals surface area contributed by atoms with Crippen molar-refractivity contribution in [3.05, 3.63) is 18.0 Å². The zero-order chi connectivity index (χ0) is 13.2. The van der Waals surface area contributed by atoms with Gasteiger partial charge in [0, 0.05) is 50.1 Å². The van der Waals surface area contributed by atoms with Gasteiger partial charge in [-0.3, -0.25) is 4.79 Å². The molecule has 5 nitrogen and oxygen atoms in total. The molecule has 3 rings (SSSR count). The first-order valence-electron chi connectivity index (χ1n) is 6.64. The zero-order valence-electron chi connectivity index (χ0n) is 11.1. The van der Waals surface area contributed by atoms with Gasteiger partial charge in [-0.2, -0.15) is 11.8 Å². The van der Waals surface area contributed by atoms with Gasteiger partial charge in [0.05, 0.1) is 5.92 Å². The van der Waals surface area contributed by atoms with Crippen molar-refractivity contribution in [3.8, 4) is 0 Å². The smallest absolute Gasteiger partial charge is 0.229 e. The summed E-state index contributed by atoms with van der Waals surface area (Å²) in [5.74, 6) is 3.33. The van der Waals surface area contributed by atoms with Crippen LogP contribution < -0.4 is 4.90 Å². The molecule has 2 saturated heterocycles. The molecule has 2 aliphatic rings. The number of rotatable bonds is 2. The SMILES string of the molecule is Cc1cnc(N2CC(C(=O)N3CCSCC3)C2)nc1. The van der Waals surface area contributed by atoms with Gasteiger partial charge < -0.3 is 9.80 Å². The van der Waals surface area contributed by atoms with E-state index >= 15 is 0 Å². The molecule has 0 radical (unpaired) electrons. The summed E-state index contributed by atoms with van der Waals surface area (Å²) < 4.78 is 0. The lowest BCUT2D eigenvalue weighted by molar-refractivity contribution is -0.135. The molecule has 0 spiro atoms. The van der Waals surface area contributed by atoms with Crippen LogP contribution in [-0.4, -0.2) is 58.5 Å². The molecule has 6 heteroatoms. The molecule has 0 N–H and O–H groups in total. The lowest BCUT2D eigenvalue weighted by Crippen LogP contribution is -2.56. The van der Waals surface area contributed by atoms with Crippen LogP contribution in [0.25, 0.3) is 0 Å². The molecule has 2 aliphatic heterocycles. The second-order valence-electron chi connectivity index (χ2n) is 5.10. The van der Waals surface area contributed by atoms with E-state index in [4.69, 9.17) is 0 Å². The summed E-state index contributed by atoms with van der Waals surface area (Å²) >= 11 is 1.93. The first kappa shape index (κ1) is 12.7. The normalized spacial score (nSPS) is 20.3. The van der Waals surface area contributed by atoms with E-state index < -0.39 is 0 Å². The van der Waals surface area contributed by atoms with Gasteiger partial charge >= 0.3 is 0 Å². The van der Waals surface area contributed by atoms with Crippen molar-refractivity contribution >= 4 is 23.6 Å². The summed E-state index contributed by atoms with van der Waals surface area (Å²) in [6.45, 7) is 5.29. The predicted molar refractivity (Wildman–Crippen MR) is 76.4 cm³/mol.